The molecule has 2 N–H and O–H groups in total. The number of nitrogens with zero attached hydrogens (tertiary/aromatic N) is 1. The van der Waals surface area contributed by atoms with E-state index >= 15 is 0 Å². The van der Waals surface area contributed by atoms with Crippen molar-refractivity contribution >= 4 is 5.96 Å². The van der Waals surface area contributed by atoms with Gasteiger partial charge in [-0.05, 0) is 29.7 Å². The van der Waals surface area contributed by atoms with Gasteiger partial charge in [-0.25, -0.2) is 0 Å². The highest BCUT2D eigenvalue weighted by molar-refractivity contribution is 5.79. The van der Waals surface area contributed by atoms with Crippen molar-refractivity contribution in [3.63, 3.8) is 0 Å². The van der Waals surface area contributed by atoms with Crippen molar-refractivity contribution in [3.05, 3.63) is 59.7 Å². The van der Waals surface area contributed by atoms with Gasteiger partial charge in [0.2, 0.25) is 0 Å². The molecule has 0 heterocycles. The quantitative estimate of drug-likeness (QED) is 0.382. The van der Waals surface area contributed by atoms with Crippen molar-refractivity contribution < 1.29 is 14.2 Å². The van der Waals surface area contributed by atoms with E-state index in [0.717, 1.165) is 42.4 Å². The molecule has 6 heteroatoms. The van der Waals surface area contributed by atoms with E-state index in [0.29, 0.717) is 18.9 Å². The zero-order valence-corrected chi connectivity index (χ0v) is 16.3. The smallest absolute Gasteiger partial charge is 0.191 e. The topological polar surface area (TPSA) is 64.1 Å². The molecule has 0 aliphatic heterocycles. The number of hydrogen-bond donors (Lipinski definition) is 2. The molecule has 0 fully saturated rings. The Kier molecular flexibility index (Phi) is 9.00. The van der Waals surface area contributed by atoms with Crippen LogP contribution in [0.25, 0.3) is 0 Å². The van der Waals surface area contributed by atoms with E-state index in [2.05, 4.69) is 15.6 Å². The van der Waals surface area contributed by atoms with E-state index in [4.69, 9.17) is 14.2 Å². The van der Waals surface area contributed by atoms with Crippen LogP contribution >= 0.6 is 0 Å². The first-order valence-electron chi connectivity index (χ1n) is 9.04. The van der Waals surface area contributed by atoms with Crippen LogP contribution in [0.1, 0.15) is 17.5 Å². The van der Waals surface area contributed by atoms with Crippen LogP contribution in [-0.4, -0.2) is 40.4 Å². The molecule has 0 aromatic heterocycles. The summed E-state index contributed by atoms with van der Waals surface area (Å²) in [6.07, 6.45) is 0.929. The third-order valence-electron chi connectivity index (χ3n) is 3.97. The first-order valence-corrected chi connectivity index (χ1v) is 9.04. The Morgan fingerprint density at radius 2 is 1.78 bits per heavy atom. The van der Waals surface area contributed by atoms with Crippen molar-refractivity contribution in [1.82, 2.24) is 10.6 Å². The van der Waals surface area contributed by atoms with Gasteiger partial charge in [0.1, 0.15) is 6.61 Å². The molecule has 0 bridgehead atoms. The van der Waals surface area contributed by atoms with Gasteiger partial charge in [0.05, 0.1) is 7.11 Å². The highest BCUT2D eigenvalue weighted by Crippen LogP contribution is 2.28. The molecule has 0 amide bonds. The molecule has 6 nitrogen and oxygen atoms in total. The van der Waals surface area contributed by atoms with Crippen LogP contribution in [0.5, 0.6) is 11.5 Å². The van der Waals surface area contributed by atoms with E-state index in [1.807, 2.05) is 48.5 Å². The fourth-order valence-electron chi connectivity index (χ4n) is 2.51. The SMILES string of the molecule is CN=C(NCCCOC)NCc1ccc(OCc2ccccc2)c(OC)c1. The monoisotopic (exact) mass is 371 g/mol. The van der Waals surface area contributed by atoms with Crippen LogP contribution in [0.15, 0.2) is 53.5 Å². The lowest BCUT2D eigenvalue weighted by Crippen LogP contribution is -2.37. The lowest BCUT2D eigenvalue weighted by molar-refractivity contribution is 0.195. The summed E-state index contributed by atoms with van der Waals surface area (Å²) in [6, 6.07) is 16.0. The lowest BCUT2D eigenvalue weighted by atomic mass is 10.2. The molecule has 0 aliphatic carbocycles. The summed E-state index contributed by atoms with van der Waals surface area (Å²) >= 11 is 0. The van der Waals surface area contributed by atoms with Crippen molar-refractivity contribution in [2.24, 2.45) is 4.99 Å². The van der Waals surface area contributed by atoms with Crippen molar-refractivity contribution in [1.29, 1.82) is 0 Å². The minimum absolute atomic E-state index is 0.507. The van der Waals surface area contributed by atoms with E-state index in [-0.39, 0.29) is 0 Å². The predicted molar refractivity (Wildman–Crippen MR) is 108 cm³/mol. The molecule has 0 spiro atoms. The van der Waals surface area contributed by atoms with E-state index in [1.165, 1.54) is 0 Å². The third kappa shape index (κ3) is 7.19. The van der Waals surface area contributed by atoms with Crippen molar-refractivity contribution in [3.8, 4) is 11.5 Å². The largest absolute Gasteiger partial charge is 0.493 e. The van der Waals surface area contributed by atoms with Crippen LogP contribution in [0, 0.1) is 0 Å². The van der Waals surface area contributed by atoms with Gasteiger partial charge in [0.25, 0.3) is 0 Å². The van der Waals surface area contributed by atoms with Crippen LogP contribution in [0.3, 0.4) is 0 Å². The van der Waals surface area contributed by atoms with Gasteiger partial charge in [-0.3, -0.25) is 4.99 Å². The summed E-state index contributed by atoms with van der Waals surface area (Å²) in [7, 11) is 5.11. The Labute approximate surface area is 161 Å². The summed E-state index contributed by atoms with van der Waals surface area (Å²) < 4.78 is 16.4. The molecule has 0 atom stereocenters. The molecule has 0 aliphatic rings. The van der Waals surface area contributed by atoms with Gasteiger partial charge in [-0.15, -0.1) is 0 Å². The maximum Gasteiger partial charge on any atom is 0.191 e. The normalized spacial score (nSPS) is 11.1. The molecule has 2 rings (SSSR count). The minimum atomic E-state index is 0.507. The van der Waals surface area contributed by atoms with Crippen LogP contribution < -0.4 is 20.1 Å². The van der Waals surface area contributed by atoms with E-state index < -0.39 is 0 Å². The molecule has 0 unspecified atom stereocenters. The molecule has 0 saturated carbocycles. The zero-order valence-electron chi connectivity index (χ0n) is 16.3. The molecule has 2 aromatic rings. The summed E-state index contributed by atoms with van der Waals surface area (Å²) in [4.78, 5) is 4.22. The second kappa shape index (κ2) is 11.8. The maximum atomic E-state index is 5.90. The number of ether oxygens (including phenoxy) is 3. The average Bonchev–Trinajstić information content (AvgIpc) is 2.72. The highest BCUT2D eigenvalue weighted by atomic mass is 16.5. The molecule has 0 radical (unpaired) electrons. The van der Waals surface area contributed by atoms with Crippen molar-refractivity contribution in [2.75, 3.05) is 34.4 Å². The zero-order chi connectivity index (χ0) is 19.3. The maximum absolute atomic E-state index is 5.90. The number of methoxy groups -OCH3 is 2. The van der Waals surface area contributed by atoms with E-state index in [1.54, 1.807) is 21.3 Å². The Balaban J connectivity index is 1.88. The molecular formula is C21H29N3O3. The Morgan fingerprint density at radius 3 is 2.48 bits per heavy atom. The summed E-state index contributed by atoms with van der Waals surface area (Å²) in [5.41, 5.74) is 2.20. The summed E-state index contributed by atoms with van der Waals surface area (Å²) in [6.45, 7) is 2.68. The highest BCUT2D eigenvalue weighted by Gasteiger charge is 2.07. The number of aliphatic imine (C=N–C) groups is 1. The van der Waals surface area contributed by atoms with E-state index in [9.17, 15) is 0 Å². The molecular weight excluding hydrogens is 342 g/mol. The summed E-state index contributed by atoms with van der Waals surface area (Å²) in [5, 5.41) is 6.55. The van der Waals surface area contributed by atoms with Crippen LogP contribution in [-0.2, 0) is 17.9 Å². The van der Waals surface area contributed by atoms with Crippen molar-refractivity contribution in [2.45, 2.75) is 19.6 Å². The number of nitrogens with one attached hydrogen (secondary N) is 2. The number of guanidine groups is 1. The number of hydrogen-bond acceptors (Lipinski definition) is 4. The average molecular weight is 371 g/mol. The van der Waals surface area contributed by atoms with Gasteiger partial charge in [0.15, 0.2) is 17.5 Å². The third-order valence-corrected chi connectivity index (χ3v) is 3.97. The fourth-order valence-corrected chi connectivity index (χ4v) is 2.51. The number of rotatable bonds is 10. The van der Waals surface area contributed by atoms with Gasteiger partial charge in [-0.2, -0.15) is 0 Å². The lowest BCUT2D eigenvalue weighted by Gasteiger charge is -2.14. The molecule has 146 valence electrons. The van der Waals surface area contributed by atoms with Gasteiger partial charge >= 0.3 is 0 Å². The van der Waals surface area contributed by atoms with Gasteiger partial charge < -0.3 is 24.8 Å². The predicted octanol–water partition coefficient (Wildman–Crippen LogP) is 2.98. The minimum Gasteiger partial charge on any atom is -0.493 e. The standard InChI is InChI=1S/C21H29N3O3/c1-22-21(23-12-7-13-25-2)24-15-18-10-11-19(20(14-18)26-3)27-16-17-8-5-4-6-9-17/h4-6,8-11,14H,7,12-13,15-16H2,1-3H3,(H2,22,23,24). The molecule has 27 heavy (non-hydrogen) atoms. The second-order valence-corrected chi connectivity index (χ2v) is 5.96. The Hall–Kier alpha value is -2.73. The van der Waals surface area contributed by atoms with Crippen LogP contribution in [0.2, 0.25) is 0 Å². The molecule has 0 saturated heterocycles. The Morgan fingerprint density at radius 1 is 0.963 bits per heavy atom. The van der Waals surface area contributed by atoms with Gasteiger partial charge in [-0.1, -0.05) is 36.4 Å². The second-order valence-electron chi connectivity index (χ2n) is 5.96. The van der Waals surface area contributed by atoms with Gasteiger partial charge in [0, 0.05) is 33.9 Å². The summed E-state index contributed by atoms with van der Waals surface area (Å²) in [5.74, 6) is 2.20. The first kappa shape index (κ1) is 20.6. The first-order chi connectivity index (χ1) is 13.3. The molecule has 2 aromatic carbocycles. The fraction of sp³-hybridized carbons (Fsp3) is 0.381. The van der Waals surface area contributed by atoms with Crippen LogP contribution in [0.4, 0.5) is 0 Å². The number of benzene rings is 2. The Bertz CT molecular complexity index is 705.